The van der Waals surface area contributed by atoms with E-state index in [-0.39, 0.29) is 58.2 Å². The smallest absolute Gasteiger partial charge is 0.346 e. The van der Waals surface area contributed by atoms with Gasteiger partial charge in [0.15, 0.2) is 0 Å². The fourth-order valence-corrected chi connectivity index (χ4v) is 6.64. The Balaban J connectivity index is 1.14. The first-order chi connectivity index (χ1) is 23.6. The lowest BCUT2D eigenvalue weighted by molar-refractivity contribution is -0.139. The molecule has 49 heavy (non-hydrogen) atoms. The number of rotatable bonds is 9. The molecule has 1 fully saturated rings. The summed E-state index contributed by atoms with van der Waals surface area (Å²) in [5.74, 6) is -2.18. The van der Waals surface area contributed by atoms with Crippen molar-refractivity contribution in [1.82, 2.24) is 29.3 Å². The van der Waals surface area contributed by atoms with Gasteiger partial charge in [-0.15, -0.1) is 0 Å². The second kappa shape index (κ2) is 14.4. The first kappa shape index (κ1) is 33.5. The number of carbonyl (C=O) groups excluding carboxylic acids is 2. The fraction of sp³-hybridized carbons (Fsp3) is 0.235. The lowest BCUT2D eigenvalue weighted by Gasteiger charge is -2.33. The molecule has 0 radical (unpaired) electrons. The van der Waals surface area contributed by atoms with Crippen molar-refractivity contribution in [2.75, 3.05) is 18.4 Å². The van der Waals surface area contributed by atoms with E-state index in [0.29, 0.717) is 19.4 Å². The van der Waals surface area contributed by atoms with Gasteiger partial charge in [0.2, 0.25) is 0 Å². The van der Waals surface area contributed by atoms with Crippen molar-refractivity contribution < 1.29 is 19.5 Å². The summed E-state index contributed by atoms with van der Waals surface area (Å²) in [4.78, 5) is 71.9. The monoisotopic (exact) mass is 703 g/mol. The minimum absolute atomic E-state index is 0.0380. The van der Waals surface area contributed by atoms with E-state index in [1.165, 1.54) is 17.0 Å². The average molecular weight is 705 g/mol. The van der Waals surface area contributed by atoms with Gasteiger partial charge in [-0.3, -0.25) is 18.9 Å². The molecule has 6 rings (SSSR count). The first-order valence-corrected chi connectivity index (χ1v) is 16.2. The zero-order valence-electron chi connectivity index (χ0n) is 25.9. The zero-order chi connectivity index (χ0) is 34.7. The van der Waals surface area contributed by atoms with E-state index < -0.39 is 29.6 Å². The van der Waals surface area contributed by atoms with Crippen molar-refractivity contribution in [3.63, 3.8) is 0 Å². The predicted octanol–water partition coefficient (Wildman–Crippen LogP) is 4.54. The quantitative estimate of drug-likeness (QED) is 0.175. The Labute approximate surface area is 289 Å². The minimum Gasteiger partial charge on any atom is -0.480 e. The number of hydrogen-bond acceptors (Lipinski definition) is 6. The highest BCUT2D eigenvalue weighted by atomic mass is 35.5. The molecule has 4 N–H and O–H groups in total. The van der Waals surface area contributed by atoms with Gasteiger partial charge in [-0.1, -0.05) is 71.7 Å². The van der Waals surface area contributed by atoms with E-state index in [2.05, 4.69) is 20.6 Å². The van der Waals surface area contributed by atoms with Crippen molar-refractivity contribution in [3.05, 3.63) is 127 Å². The molecule has 13 nitrogen and oxygen atoms in total. The number of aliphatic carboxylic acids is 1. The predicted molar refractivity (Wildman–Crippen MR) is 185 cm³/mol. The minimum atomic E-state index is -1.43. The number of amides is 3. The number of H-pyrrole nitrogens is 1. The van der Waals surface area contributed by atoms with Crippen LogP contribution in [-0.4, -0.2) is 66.1 Å². The van der Waals surface area contributed by atoms with Crippen LogP contribution in [0.1, 0.15) is 40.4 Å². The van der Waals surface area contributed by atoms with Crippen molar-refractivity contribution >= 4 is 58.0 Å². The molecule has 1 atom stereocenters. The number of nitrogens with zero attached hydrogens (tertiary/aromatic N) is 4. The Hall–Kier alpha value is -5.40. The summed E-state index contributed by atoms with van der Waals surface area (Å²) in [5, 5.41) is 15.2. The van der Waals surface area contributed by atoms with Crippen LogP contribution in [0.25, 0.3) is 11.0 Å². The Morgan fingerprint density at radius 1 is 0.918 bits per heavy atom. The number of carbonyl (C=O) groups is 3. The second-order valence-electron chi connectivity index (χ2n) is 11.6. The molecule has 3 aromatic carbocycles. The summed E-state index contributed by atoms with van der Waals surface area (Å²) in [6.07, 6.45) is 1.77. The highest BCUT2D eigenvalue weighted by Gasteiger charge is 2.30. The van der Waals surface area contributed by atoms with E-state index in [0.717, 1.165) is 22.8 Å². The summed E-state index contributed by atoms with van der Waals surface area (Å²) in [5.41, 5.74) is 1.83. The molecule has 15 heteroatoms. The number of imidazole rings is 1. The highest BCUT2D eigenvalue weighted by Crippen LogP contribution is 2.27. The van der Waals surface area contributed by atoms with E-state index in [1.54, 1.807) is 15.2 Å². The highest BCUT2D eigenvalue weighted by molar-refractivity contribution is 6.40. The summed E-state index contributed by atoms with van der Waals surface area (Å²) >= 11 is 12.3. The molecule has 2 aromatic heterocycles. The maximum Gasteiger partial charge on any atom is 0.346 e. The number of para-hydroxylation sites is 2. The van der Waals surface area contributed by atoms with Crippen molar-refractivity contribution in [2.45, 2.75) is 37.9 Å². The third-order valence-corrected chi connectivity index (χ3v) is 9.14. The summed E-state index contributed by atoms with van der Waals surface area (Å²) in [6.45, 7) is 0.996. The number of anilines is 1. The lowest BCUT2D eigenvalue weighted by Crippen LogP contribution is -2.51. The fourth-order valence-electron chi connectivity index (χ4n) is 6.07. The number of benzene rings is 3. The SMILES string of the molecule is O=C(Nc1[nH]c(=O)ncc1CC(NC(=O)N1CCC(n2c(=O)n(Cc3ccccc3)c3ccccc32)CC1)C(=O)O)c1c(Cl)cccc1Cl. The molecule has 0 bridgehead atoms. The molecular formula is C34H31Cl2N7O6. The summed E-state index contributed by atoms with van der Waals surface area (Å²) in [6, 6.07) is 19.7. The molecule has 0 saturated carbocycles. The van der Waals surface area contributed by atoms with Crippen LogP contribution >= 0.6 is 23.2 Å². The van der Waals surface area contributed by atoms with E-state index in [9.17, 15) is 29.1 Å². The number of urea groups is 1. The Bertz CT molecular complexity index is 2140. The molecule has 1 unspecified atom stereocenters. The number of hydrogen-bond donors (Lipinski definition) is 4. The molecule has 0 spiro atoms. The van der Waals surface area contributed by atoms with Gasteiger partial charge in [-0.05, 0) is 42.7 Å². The number of halogens is 2. The zero-order valence-corrected chi connectivity index (χ0v) is 27.4. The number of carboxylic acid groups (broad SMARTS) is 1. The molecular weight excluding hydrogens is 673 g/mol. The Morgan fingerprint density at radius 3 is 2.24 bits per heavy atom. The van der Waals surface area contributed by atoms with Gasteiger partial charge in [-0.25, -0.2) is 24.2 Å². The number of carboxylic acids is 1. The molecule has 1 aliphatic heterocycles. The second-order valence-corrected chi connectivity index (χ2v) is 12.4. The van der Waals surface area contributed by atoms with Crippen LogP contribution in [0.3, 0.4) is 0 Å². The van der Waals surface area contributed by atoms with Gasteiger partial charge >= 0.3 is 23.4 Å². The van der Waals surface area contributed by atoms with E-state index in [1.807, 2.05) is 54.6 Å². The Kier molecular flexibility index (Phi) is 9.83. The van der Waals surface area contributed by atoms with Gasteiger partial charge < -0.3 is 20.6 Å². The molecule has 3 heterocycles. The van der Waals surface area contributed by atoms with Crippen molar-refractivity contribution in [1.29, 1.82) is 0 Å². The number of fused-ring (bicyclic) bond motifs is 1. The molecule has 252 valence electrons. The summed E-state index contributed by atoms with van der Waals surface area (Å²) in [7, 11) is 0. The number of aromatic amines is 1. The first-order valence-electron chi connectivity index (χ1n) is 15.5. The van der Waals surface area contributed by atoms with Crippen LogP contribution in [0.15, 0.2) is 88.6 Å². The molecule has 1 saturated heterocycles. The molecule has 1 aliphatic rings. The molecule has 5 aromatic rings. The topological polar surface area (TPSA) is 171 Å². The standard InChI is InChI=1S/C34H31Cl2N7O6/c35-23-9-6-10-24(36)28(23)30(44)39-29-21(18-37-32(47)40-29)17-25(31(45)46)38-33(48)41-15-13-22(14-16-41)43-27-12-5-4-11-26(27)42(34(43)49)19-20-7-2-1-3-8-20/h1-12,18,22,25H,13-17,19H2,(H,38,48)(H,45,46)(H2,37,39,40,44,47). The van der Waals surface area contributed by atoms with Crippen LogP contribution in [0, 0.1) is 0 Å². The van der Waals surface area contributed by atoms with Gasteiger partial charge in [-0.2, -0.15) is 0 Å². The number of piperidine rings is 1. The van der Waals surface area contributed by atoms with Crippen LogP contribution in [0.5, 0.6) is 0 Å². The number of aromatic nitrogens is 4. The van der Waals surface area contributed by atoms with Crippen LogP contribution in [-0.2, 0) is 17.8 Å². The van der Waals surface area contributed by atoms with Gasteiger partial charge in [0.25, 0.3) is 5.91 Å². The van der Waals surface area contributed by atoms with E-state index in [4.69, 9.17) is 23.2 Å². The van der Waals surface area contributed by atoms with Crippen LogP contribution in [0.4, 0.5) is 10.6 Å². The maximum absolute atomic E-state index is 13.7. The van der Waals surface area contributed by atoms with Crippen molar-refractivity contribution in [3.8, 4) is 0 Å². The average Bonchev–Trinajstić information content (AvgIpc) is 3.36. The lowest BCUT2D eigenvalue weighted by atomic mass is 10.0. The van der Waals surface area contributed by atoms with Gasteiger partial charge in [0.1, 0.15) is 11.9 Å². The maximum atomic E-state index is 13.7. The Morgan fingerprint density at radius 2 is 1.57 bits per heavy atom. The van der Waals surface area contributed by atoms with E-state index >= 15 is 0 Å². The number of nitrogens with one attached hydrogen (secondary N) is 3. The molecule has 3 amide bonds. The molecule has 0 aliphatic carbocycles. The van der Waals surface area contributed by atoms with Crippen LogP contribution in [0.2, 0.25) is 10.0 Å². The third-order valence-electron chi connectivity index (χ3n) is 8.51. The number of likely N-dealkylation sites (tertiary alicyclic amines) is 1. The third kappa shape index (κ3) is 7.22. The van der Waals surface area contributed by atoms with Crippen LogP contribution < -0.4 is 22.0 Å². The largest absolute Gasteiger partial charge is 0.480 e. The summed E-state index contributed by atoms with van der Waals surface area (Å²) < 4.78 is 3.55. The van der Waals surface area contributed by atoms with Crippen molar-refractivity contribution in [2.24, 2.45) is 0 Å². The normalized spacial score (nSPS) is 14.0. The van der Waals surface area contributed by atoms with Gasteiger partial charge in [0, 0.05) is 37.3 Å². The van der Waals surface area contributed by atoms with Gasteiger partial charge in [0.05, 0.1) is 33.2 Å².